The van der Waals surface area contributed by atoms with E-state index in [0.29, 0.717) is 5.75 Å². The molecule has 3 atom stereocenters. The quantitative estimate of drug-likeness (QED) is 0.346. The number of hydrogen-bond acceptors (Lipinski definition) is 4. The van der Waals surface area contributed by atoms with Crippen LogP contribution in [0.15, 0.2) is 84.0 Å². The summed E-state index contributed by atoms with van der Waals surface area (Å²) in [4.78, 5) is 10.4. The molecular weight excluding hydrogens is 444 g/mol. The van der Waals surface area contributed by atoms with Gasteiger partial charge in [-0.2, -0.15) is 0 Å². The molecule has 4 heteroatoms. The number of aryl methyl sites for hydroxylation is 2. The highest BCUT2D eigenvalue weighted by molar-refractivity contribution is 5.88. The molecule has 1 aromatic heterocycles. The van der Waals surface area contributed by atoms with Crippen LogP contribution in [0.1, 0.15) is 48.7 Å². The average Bonchev–Trinajstić information content (AvgIpc) is 3.14. The minimum absolute atomic E-state index is 0.0988. The maximum Gasteiger partial charge on any atom is 0.121 e. The minimum atomic E-state index is -0.929. The van der Waals surface area contributed by atoms with Crippen LogP contribution in [0.3, 0.4) is 0 Å². The molecule has 3 unspecified atom stereocenters. The summed E-state index contributed by atoms with van der Waals surface area (Å²) in [5.74, 6) is 0.212. The Morgan fingerprint density at radius 2 is 1.47 bits per heavy atom. The third-order valence-corrected chi connectivity index (χ3v) is 8.36. The highest BCUT2D eigenvalue weighted by Crippen LogP contribution is 2.57. The summed E-state index contributed by atoms with van der Waals surface area (Å²) < 4.78 is 0. The zero-order chi connectivity index (χ0) is 25.4. The fourth-order valence-corrected chi connectivity index (χ4v) is 5.97. The van der Waals surface area contributed by atoms with Crippen molar-refractivity contribution in [3.63, 3.8) is 0 Å². The lowest BCUT2D eigenvalue weighted by Crippen LogP contribution is -2.39. The predicted octanol–water partition coefficient (Wildman–Crippen LogP) is 6.54. The van der Waals surface area contributed by atoms with Gasteiger partial charge in [0.1, 0.15) is 5.75 Å². The van der Waals surface area contributed by atoms with Crippen molar-refractivity contribution in [2.24, 2.45) is 5.92 Å². The predicted molar refractivity (Wildman–Crippen MR) is 144 cm³/mol. The van der Waals surface area contributed by atoms with Gasteiger partial charge in [-0.25, -0.2) is 9.97 Å². The van der Waals surface area contributed by atoms with Gasteiger partial charge in [-0.15, -0.1) is 0 Å². The molecule has 2 aliphatic carbocycles. The Morgan fingerprint density at radius 3 is 2.14 bits per heavy atom. The number of aromatic nitrogens is 2. The van der Waals surface area contributed by atoms with Crippen LogP contribution in [0.25, 0.3) is 22.3 Å². The number of benzene rings is 3. The number of aromatic hydroxyl groups is 1. The van der Waals surface area contributed by atoms with E-state index in [4.69, 9.17) is 9.97 Å². The van der Waals surface area contributed by atoms with Gasteiger partial charge in [0, 0.05) is 11.5 Å². The van der Waals surface area contributed by atoms with Crippen molar-refractivity contribution in [1.82, 2.24) is 9.97 Å². The van der Waals surface area contributed by atoms with E-state index in [9.17, 15) is 10.2 Å². The number of phenolic OH excluding ortho intramolecular Hbond substituents is 1. The van der Waals surface area contributed by atoms with Crippen LogP contribution in [-0.4, -0.2) is 25.8 Å². The highest BCUT2D eigenvalue weighted by Gasteiger charge is 2.51. The van der Waals surface area contributed by atoms with E-state index >= 15 is 0 Å². The third-order valence-electron chi connectivity index (χ3n) is 8.36. The molecule has 180 valence electrons. The SMILES string of the molecule is CC1=CC(C2(c3cc(C)c(O)c(C)c3)c3ccccc3-c3nc4ccccc4nc32)=CC(C)C1(C)O. The third kappa shape index (κ3) is 2.91. The first-order valence-electron chi connectivity index (χ1n) is 12.5. The zero-order valence-corrected chi connectivity index (χ0v) is 21.3. The lowest BCUT2D eigenvalue weighted by Gasteiger charge is -2.40. The van der Waals surface area contributed by atoms with E-state index in [1.165, 1.54) is 0 Å². The summed E-state index contributed by atoms with van der Waals surface area (Å²) in [5.41, 5.74) is 8.64. The highest BCUT2D eigenvalue weighted by atomic mass is 16.3. The Hall–Kier alpha value is -3.76. The molecule has 2 aliphatic rings. The second kappa shape index (κ2) is 7.62. The van der Waals surface area contributed by atoms with Crippen molar-refractivity contribution in [1.29, 1.82) is 0 Å². The van der Waals surface area contributed by atoms with Gasteiger partial charge in [0.25, 0.3) is 0 Å². The Balaban J connectivity index is 1.81. The fraction of sp³-hybridized carbons (Fsp3) is 0.250. The van der Waals surface area contributed by atoms with Gasteiger partial charge in [0.2, 0.25) is 0 Å². The van der Waals surface area contributed by atoms with E-state index in [1.807, 2.05) is 58.0 Å². The Bertz CT molecular complexity index is 1610. The summed E-state index contributed by atoms with van der Waals surface area (Å²) in [6.07, 6.45) is 4.31. The summed E-state index contributed by atoms with van der Waals surface area (Å²) in [6, 6.07) is 20.6. The lowest BCUT2D eigenvalue weighted by atomic mass is 9.64. The van der Waals surface area contributed by atoms with E-state index in [2.05, 4.69) is 49.4 Å². The molecule has 0 saturated heterocycles. The minimum Gasteiger partial charge on any atom is -0.507 e. The molecule has 0 bridgehead atoms. The molecule has 4 aromatic rings. The summed E-state index contributed by atoms with van der Waals surface area (Å²) in [6.45, 7) is 9.82. The Morgan fingerprint density at radius 1 is 0.861 bits per heavy atom. The number of nitrogens with zero attached hydrogens (tertiary/aromatic N) is 2. The number of para-hydroxylation sites is 2. The second-order valence-corrected chi connectivity index (χ2v) is 10.5. The molecule has 0 saturated carbocycles. The van der Waals surface area contributed by atoms with Crippen molar-refractivity contribution in [3.8, 4) is 17.0 Å². The van der Waals surface area contributed by atoms with Crippen LogP contribution in [0.4, 0.5) is 0 Å². The van der Waals surface area contributed by atoms with Gasteiger partial charge in [0.15, 0.2) is 0 Å². The van der Waals surface area contributed by atoms with E-state index in [1.54, 1.807) is 0 Å². The first-order valence-corrected chi connectivity index (χ1v) is 12.5. The molecule has 1 heterocycles. The molecular formula is C32H30N2O2. The van der Waals surface area contributed by atoms with Crippen LogP contribution in [0.2, 0.25) is 0 Å². The Kier molecular flexibility index (Phi) is 4.80. The number of hydrogen-bond donors (Lipinski definition) is 2. The lowest BCUT2D eigenvalue weighted by molar-refractivity contribution is 0.0594. The number of phenols is 1. The van der Waals surface area contributed by atoms with Crippen LogP contribution >= 0.6 is 0 Å². The van der Waals surface area contributed by atoms with E-state index < -0.39 is 11.0 Å². The molecule has 3 aromatic carbocycles. The molecule has 0 aliphatic heterocycles. The first kappa shape index (κ1) is 22.7. The summed E-state index contributed by atoms with van der Waals surface area (Å²) in [5, 5.41) is 21.9. The number of rotatable bonds is 2. The monoisotopic (exact) mass is 474 g/mol. The molecule has 2 N–H and O–H groups in total. The number of allylic oxidation sites excluding steroid dienone is 2. The van der Waals surface area contributed by atoms with Gasteiger partial charge >= 0.3 is 0 Å². The van der Waals surface area contributed by atoms with Gasteiger partial charge in [-0.1, -0.05) is 67.6 Å². The molecule has 0 spiro atoms. The van der Waals surface area contributed by atoms with Crippen molar-refractivity contribution in [2.45, 2.75) is 45.6 Å². The van der Waals surface area contributed by atoms with Crippen molar-refractivity contribution in [2.75, 3.05) is 0 Å². The van der Waals surface area contributed by atoms with E-state index in [-0.39, 0.29) is 5.92 Å². The van der Waals surface area contributed by atoms with Gasteiger partial charge in [-0.05, 0) is 73.2 Å². The topological polar surface area (TPSA) is 66.2 Å². The summed E-state index contributed by atoms with van der Waals surface area (Å²) in [7, 11) is 0. The maximum atomic E-state index is 11.2. The largest absolute Gasteiger partial charge is 0.507 e. The smallest absolute Gasteiger partial charge is 0.121 e. The van der Waals surface area contributed by atoms with Crippen LogP contribution in [0.5, 0.6) is 5.75 Å². The molecule has 6 rings (SSSR count). The average molecular weight is 475 g/mol. The maximum absolute atomic E-state index is 11.2. The van der Waals surface area contributed by atoms with Crippen LogP contribution in [0, 0.1) is 19.8 Å². The second-order valence-electron chi connectivity index (χ2n) is 10.5. The van der Waals surface area contributed by atoms with Crippen LogP contribution < -0.4 is 0 Å². The Labute approximate surface area is 211 Å². The molecule has 36 heavy (non-hydrogen) atoms. The van der Waals surface area contributed by atoms with Crippen molar-refractivity contribution >= 4 is 11.0 Å². The molecule has 0 fully saturated rings. The van der Waals surface area contributed by atoms with Crippen molar-refractivity contribution < 1.29 is 10.2 Å². The molecule has 4 nitrogen and oxygen atoms in total. The molecule has 0 radical (unpaired) electrons. The number of aliphatic hydroxyl groups is 1. The normalized spacial score (nSPS) is 24.8. The fourth-order valence-electron chi connectivity index (χ4n) is 5.97. The number of fused-ring (bicyclic) bond motifs is 4. The van der Waals surface area contributed by atoms with Gasteiger partial charge in [-0.3, -0.25) is 0 Å². The van der Waals surface area contributed by atoms with Gasteiger partial charge < -0.3 is 10.2 Å². The van der Waals surface area contributed by atoms with Crippen molar-refractivity contribution in [3.05, 3.63) is 112 Å². The van der Waals surface area contributed by atoms with Crippen LogP contribution in [-0.2, 0) is 5.41 Å². The standard InChI is InChI=1S/C32H30N2O2/c1-18-14-22(15-19(2)29(18)35)32(23-16-20(3)31(5,36)21(4)17-23)25-11-7-6-10-24(25)28-30(32)34-27-13-9-8-12-26(27)33-28/h6-17,20,35-36H,1-5H3. The van der Waals surface area contributed by atoms with Gasteiger partial charge in [0.05, 0.1) is 33.4 Å². The summed E-state index contributed by atoms with van der Waals surface area (Å²) >= 11 is 0. The molecule has 0 amide bonds. The van der Waals surface area contributed by atoms with E-state index in [0.717, 1.165) is 61.4 Å². The first-order chi connectivity index (χ1) is 17.2. The zero-order valence-electron chi connectivity index (χ0n) is 21.3.